The molecule has 2 aromatic carbocycles. The van der Waals surface area contributed by atoms with E-state index in [2.05, 4.69) is 36.4 Å². The van der Waals surface area contributed by atoms with E-state index in [4.69, 9.17) is 21.1 Å². The summed E-state index contributed by atoms with van der Waals surface area (Å²) in [6.45, 7) is 4.41. The van der Waals surface area contributed by atoms with E-state index >= 15 is 0 Å². The van der Waals surface area contributed by atoms with Gasteiger partial charge >= 0.3 is 5.97 Å². The summed E-state index contributed by atoms with van der Waals surface area (Å²) in [7, 11) is 0. The Kier molecular flexibility index (Phi) is 10.7. The number of rotatable bonds is 12. The third-order valence-electron chi connectivity index (χ3n) is 6.61. The van der Waals surface area contributed by atoms with Gasteiger partial charge in [-0.15, -0.1) is 11.6 Å². The van der Waals surface area contributed by atoms with Crippen LogP contribution in [0.1, 0.15) is 70.8 Å². The van der Waals surface area contributed by atoms with Crippen molar-refractivity contribution >= 4 is 17.6 Å². The number of unbranched alkanes of at least 4 members (excludes halogenated alkanes) is 1. The van der Waals surface area contributed by atoms with Gasteiger partial charge in [-0.1, -0.05) is 56.2 Å². The highest BCUT2D eigenvalue weighted by molar-refractivity contribution is 6.20. The molecule has 0 bridgehead atoms. The maximum Gasteiger partial charge on any atom is 0.340 e. The molecular formula is C29H38ClFO3. The fraction of sp³-hybridized carbons (Fsp3) is 0.552. The second-order valence-electron chi connectivity index (χ2n) is 9.54. The van der Waals surface area contributed by atoms with Crippen LogP contribution >= 0.6 is 11.6 Å². The second kappa shape index (κ2) is 13.7. The highest BCUT2D eigenvalue weighted by atomic mass is 35.5. The first-order valence-electron chi connectivity index (χ1n) is 12.8. The monoisotopic (exact) mass is 488 g/mol. The first-order chi connectivity index (χ1) is 16.4. The van der Waals surface area contributed by atoms with E-state index < -0.39 is 12.1 Å². The number of hydrogen-bond acceptors (Lipinski definition) is 3. The van der Waals surface area contributed by atoms with Crippen LogP contribution in [-0.2, 0) is 16.0 Å². The Bertz CT molecular complexity index is 858. The molecule has 186 valence electrons. The Morgan fingerprint density at radius 1 is 1.03 bits per heavy atom. The number of aryl methyl sites for hydroxylation is 1. The van der Waals surface area contributed by atoms with Crippen molar-refractivity contribution in [3.8, 4) is 16.9 Å². The maximum atomic E-state index is 13.9. The van der Waals surface area contributed by atoms with E-state index in [-0.39, 0.29) is 17.9 Å². The first kappa shape index (κ1) is 26.5. The number of alkyl halides is 2. The number of esters is 1. The van der Waals surface area contributed by atoms with Crippen molar-refractivity contribution < 1.29 is 18.7 Å². The predicted octanol–water partition coefficient (Wildman–Crippen LogP) is 7.92. The molecule has 0 heterocycles. The summed E-state index contributed by atoms with van der Waals surface area (Å²) in [6, 6.07) is 16.9. The average molecular weight is 489 g/mol. The number of hydrogen-bond donors (Lipinski definition) is 0. The third-order valence-corrected chi connectivity index (χ3v) is 6.73. The lowest BCUT2D eigenvalue weighted by atomic mass is 9.83. The van der Waals surface area contributed by atoms with Gasteiger partial charge < -0.3 is 9.47 Å². The van der Waals surface area contributed by atoms with Gasteiger partial charge in [-0.2, -0.15) is 0 Å². The van der Waals surface area contributed by atoms with E-state index in [0.29, 0.717) is 12.5 Å². The highest BCUT2D eigenvalue weighted by Crippen LogP contribution is 2.30. The Morgan fingerprint density at radius 3 is 2.24 bits per heavy atom. The quantitative estimate of drug-likeness (QED) is 0.225. The van der Waals surface area contributed by atoms with Crippen molar-refractivity contribution in [2.45, 2.75) is 89.3 Å². The van der Waals surface area contributed by atoms with Gasteiger partial charge in [0.05, 0.1) is 5.38 Å². The minimum atomic E-state index is -1.47. The zero-order chi connectivity index (χ0) is 24.3. The minimum absolute atomic E-state index is 0.00997. The van der Waals surface area contributed by atoms with Gasteiger partial charge in [-0.05, 0) is 86.6 Å². The minimum Gasteiger partial charge on any atom is -0.492 e. The number of carbonyl (C=O) groups is 1. The molecule has 5 heteroatoms. The van der Waals surface area contributed by atoms with Crippen molar-refractivity contribution in [3.63, 3.8) is 0 Å². The zero-order valence-electron chi connectivity index (χ0n) is 20.5. The van der Waals surface area contributed by atoms with Gasteiger partial charge in [-0.25, -0.2) is 9.18 Å². The molecule has 0 aromatic heterocycles. The van der Waals surface area contributed by atoms with E-state index in [1.807, 2.05) is 26.0 Å². The lowest BCUT2D eigenvalue weighted by Gasteiger charge is -2.28. The summed E-state index contributed by atoms with van der Waals surface area (Å²) in [6.07, 6.45) is 6.26. The highest BCUT2D eigenvalue weighted by Gasteiger charge is 2.27. The van der Waals surface area contributed by atoms with Gasteiger partial charge in [-0.3, -0.25) is 0 Å². The van der Waals surface area contributed by atoms with Crippen LogP contribution in [0.3, 0.4) is 0 Å². The van der Waals surface area contributed by atoms with Gasteiger partial charge in [0.1, 0.15) is 18.5 Å². The van der Waals surface area contributed by atoms with Crippen LogP contribution in [-0.4, -0.2) is 30.2 Å². The topological polar surface area (TPSA) is 35.5 Å². The van der Waals surface area contributed by atoms with Gasteiger partial charge in [0.15, 0.2) is 6.17 Å². The lowest BCUT2D eigenvalue weighted by molar-refractivity contribution is -0.157. The Morgan fingerprint density at radius 2 is 1.65 bits per heavy atom. The molecule has 34 heavy (non-hydrogen) atoms. The largest absolute Gasteiger partial charge is 0.492 e. The molecule has 0 saturated heterocycles. The normalized spacial score (nSPS) is 19.9. The summed E-state index contributed by atoms with van der Waals surface area (Å²) in [5.41, 5.74) is 3.69. The molecule has 2 atom stereocenters. The van der Waals surface area contributed by atoms with Crippen LogP contribution in [0.2, 0.25) is 0 Å². The van der Waals surface area contributed by atoms with Crippen molar-refractivity contribution in [3.05, 3.63) is 54.1 Å². The van der Waals surface area contributed by atoms with E-state index in [1.165, 1.54) is 11.1 Å². The molecule has 1 fully saturated rings. The molecule has 0 aliphatic heterocycles. The SMILES string of the molecule is CCCC[C@H](F)C(=O)O[C@H]1CC[C@H](CCc2ccc(-c3ccc(OC[C@@H](C)Cl)cc3)cc2)CC1. The van der Waals surface area contributed by atoms with Crippen LogP contribution in [0.15, 0.2) is 48.5 Å². The first-order valence-corrected chi connectivity index (χ1v) is 13.2. The second-order valence-corrected chi connectivity index (χ2v) is 10.3. The van der Waals surface area contributed by atoms with E-state index in [9.17, 15) is 9.18 Å². The smallest absolute Gasteiger partial charge is 0.340 e. The van der Waals surface area contributed by atoms with Crippen molar-refractivity contribution in [1.29, 1.82) is 0 Å². The maximum absolute atomic E-state index is 13.9. The number of benzene rings is 2. The number of halogens is 2. The molecule has 3 nitrogen and oxygen atoms in total. The van der Waals surface area contributed by atoms with Crippen LogP contribution in [0.5, 0.6) is 5.75 Å². The average Bonchev–Trinajstić information content (AvgIpc) is 2.86. The van der Waals surface area contributed by atoms with Crippen LogP contribution in [0.25, 0.3) is 11.1 Å². The summed E-state index contributed by atoms with van der Waals surface area (Å²) in [5, 5.41) is -0.00997. The van der Waals surface area contributed by atoms with Gasteiger partial charge in [0, 0.05) is 0 Å². The van der Waals surface area contributed by atoms with E-state index in [1.54, 1.807) is 0 Å². The number of ether oxygens (including phenoxy) is 2. The van der Waals surface area contributed by atoms with Crippen molar-refractivity contribution in [2.24, 2.45) is 5.92 Å². The van der Waals surface area contributed by atoms with E-state index in [0.717, 1.165) is 62.7 Å². The zero-order valence-corrected chi connectivity index (χ0v) is 21.2. The molecule has 0 unspecified atom stereocenters. The summed E-state index contributed by atoms with van der Waals surface area (Å²) in [5.74, 6) is 0.807. The Hall–Kier alpha value is -2.07. The van der Waals surface area contributed by atoms with Crippen LogP contribution < -0.4 is 4.74 Å². The van der Waals surface area contributed by atoms with Crippen LogP contribution in [0.4, 0.5) is 4.39 Å². The molecule has 3 rings (SSSR count). The van der Waals surface area contributed by atoms with Gasteiger partial charge in [0.2, 0.25) is 0 Å². The third kappa shape index (κ3) is 8.61. The standard InChI is InChI=1S/C29H38ClFO3/c1-3-4-5-28(31)29(32)34-27-16-10-23(11-17-27)7-6-22-8-12-24(13-9-22)25-14-18-26(19-15-25)33-20-21(2)30/h8-9,12-15,18-19,21,23,27-28H,3-7,10-11,16-17,20H2,1-2H3/t21-,23-,27-,28+/m1/s1. The number of carbonyl (C=O) groups excluding carboxylic acids is 1. The summed E-state index contributed by atoms with van der Waals surface area (Å²) < 4.78 is 24.9. The molecule has 1 aliphatic rings. The fourth-order valence-electron chi connectivity index (χ4n) is 4.47. The van der Waals surface area contributed by atoms with Crippen molar-refractivity contribution in [1.82, 2.24) is 0 Å². The molecule has 2 aromatic rings. The molecule has 0 radical (unpaired) electrons. The van der Waals surface area contributed by atoms with Crippen molar-refractivity contribution in [2.75, 3.05) is 6.61 Å². The lowest BCUT2D eigenvalue weighted by Crippen LogP contribution is -2.29. The molecular weight excluding hydrogens is 451 g/mol. The molecule has 1 saturated carbocycles. The Labute approximate surface area is 209 Å². The summed E-state index contributed by atoms with van der Waals surface area (Å²) >= 11 is 5.94. The molecule has 0 N–H and O–H groups in total. The molecule has 0 amide bonds. The Balaban J connectivity index is 1.39. The predicted molar refractivity (Wildman–Crippen MR) is 137 cm³/mol. The van der Waals surface area contributed by atoms with Crippen LogP contribution in [0, 0.1) is 5.92 Å². The fourth-order valence-corrected chi connectivity index (χ4v) is 4.53. The summed E-state index contributed by atoms with van der Waals surface area (Å²) in [4.78, 5) is 11.9. The molecule has 0 spiro atoms. The van der Waals surface area contributed by atoms with Gasteiger partial charge in [0.25, 0.3) is 0 Å². The molecule has 1 aliphatic carbocycles.